The normalized spacial score (nSPS) is 10.7. The smallest absolute Gasteiger partial charge is 0.168 e. The topological polar surface area (TPSA) is 56.7 Å². The fraction of sp³-hybridized carbons (Fsp3) is 0.200. The van der Waals surface area contributed by atoms with Crippen LogP contribution in [0.3, 0.4) is 0 Å². The van der Waals surface area contributed by atoms with Gasteiger partial charge in [-0.25, -0.2) is 4.68 Å². The first kappa shape index (κ1) is 11.2. The molecule has 0 radical (unpaired) electrons. The molecule has 84 valence electrons. The zero-order valence-electron chi connectivity index (χ0n) is 8.61. The van der Waals surface area contributed by atoms with Crippen LogP contribution < -0.4 is 5.73 Å². The van der Waals surface area contributed by atoms with Gasteiger partial charge in [-0.05, 0) is 18.6 Å². The van der Waals surface area contributed by atoms with Gasteiger partial charge in [-0.3, -0.25) is 0 Å². The maximum atomic E-state index is 6.08. The Labute approximate surface area is 103 Å². The van der Waals surface area contributed by atoms with E-state index in [9.17, 15) is 0 Å². The van der Waals surface area contributed by atoms with Crippen molar-refractivity contribution < 1.29 is 0 Å². The third-order valence-corrected chi connectivity index (χ3v) is 3.23. The third kappa shape index (κ3) is 1.99. The summed E-state index contributed by atoms with van der Waals surface area (Å²) in [4.78, 5) is 0. The molecule has 0 aliphatic rings. The van der Waals surface area contributed by atoms with E-state index in [2.05, 4.69) is 10.3 Å². The van der Waals surface area contributed by atoms with Gasteiger partial charge in [0.2, 0.25) is 0 Å². The molecular weight excluding hydrogens is 247 g/mol. The van der Waals surface area contributed by atoms with Gasteiger partial charge < -0.3 is 5.73 Å². The average molecular weight is 257 g/mol. The van der Waals surface area contributed by atoms with Crippen LogP contribution in [0.1, 0.15) is 11.3 Å². The van der Waals surface area contributed by atoms with Gasteiger partial charge in [-0.1, -0.05) is 40.5 Å². The molecule has 0 amide bonds. The Hall–Kier alpha value is -1.26. The molecule has 1 heterocycles. The van der Waals surface area contributed by atoms with Crippen LogP contribution in [-0.4, -0.2) is 15.0 Å². The van der Waals surface area contributed by atoms with E-state index >= 15 is 0 Å². The van der Waals surface area contributed by atoms with E-state index in [4.69, 9.17) is 28.9 Å². The number of hydrogen-bond acceptors (Lipinski definition) is 3. The van der Waals surface area contributed by atoms with Crippen LogP contribution in [0.2, 0.25) is 10.0 Å². The highest BCUT2D eigenvalue weighted by Gasteiger charge is 2.09. The molecule has 2 rings (SSSR count). The fourth-order valence-corrected chi connectivity index (χ4v) is 1.74. The Morgan fingerprint density at radius 1 is 1.38 bits per heavy atom. The fourth-order valence-electron chi connectivity index (χ4n) is 1.36. The van der Waals surface area contributed by atoms with Crippen molar-refractivity contribution in [1.29, 1.82) is 0 Å². The maximum absolute atomic E-state index is 6.08. The molecule has 2 N–H and O–H groups in total. The van der Waals surface area contributed by atoms with Crippen molar-refractivity contribution in [3.63, 3.8) is 0 Å². The summed E-state index contributed by atoms with van der Waals surface area (Å²) in [7, 11) is 0. The number of halogens is 2. The largest absolute Gasteiger partial charge is 0.381 e. The molecule has 0 fully saturated rings. The van der Waals surface area contributed by atoms with Gasteiger partial charge in [0.1, 0.15) is 0 Å². The number of nitrogen functional groups attached to an aromatic ring is 1. The van der Waals surface area contributed by atoms with E-state index in [0.29, 0.717) is 22.4 Å². The molecule has 0 bridgehead atoms. The van der Waals surface area contributed by atoms with Crippen LogP contribution in [0, 0.1) is 6.92 Å². The van der Waals surface area contributed by atoms with Crippen molar-refractivity contribution in [1.82, 2.24) is 15.0 Å². The van der Waals surface area contributed by atoms with Crippen molar-refractivity contribution in [2.24, 2.45) is 0 Å². The van der Waals surface area contributed by atoms with E-state index in [1.807, 2.05) is 19.1 Å². The highest BCUT2D eigenvalue weighted by Crippen LogP contribution is 2.26. The van der Waals surface area contributed by atoms with E-state index in [-0.39, 0.29) is 0 Å². The maximum Gasteiger partial charge on any atom is 0.168 e. The Morgan fingerprint density at radius 3 is 2.75 bits per heavy atom. The van der Waals surface area contributed by atoms with Gasteiger partial charge in [0.05, 0.1) is 22.3 Å². The Balaban J connectivity index is 2.34. The molecule has 16 heavy (non-hydrogen) atoms. The number of hydrogen-bond donors (Lipinski definition) is 1. The number of nitrogens with two attached hydrogens (primary N) is 1. The third-order valence-electron chi connectivity index (χ3n) is 2.37. The highest BCUT2D eigenvalue weighted by atomic mass is 35.5. The zero-order valence-corrected chi connectivity index (χ0v) is 10.1. The molecule has 0 atom stereocenters. The molecule has 0 unspecified atom stereocenters. The molecule has 0 spiro atoms. The quantitative estimate of drug-likeness (QED) is 0.899. The minimum atomic E-state index is 0.429. The Bertz CT molecular complexity index is 522. The van der Waals surface area contributed by atoms with E-state index in [1.165, 1.54) is 0 Å². The average Bonchev–Trinajstić information content (AvgIpc) is 2.57. The van der Waals surface area contributed by atoms with Crippen LogP contribution in [0.25, 0.3) is 0 Å². The zero-order chi connectivity index (χ0) is 11.7. The summed E-state index contributed by atoms with van der Waals surface area (Å²) in [6.07, 6.45) is 0. The second kappa shape index (κ2) is 4.31. The Morgan fingerprint density at radius 2 is 2.12 bits per heavy atom. The molecule has 0 aliphatic heterocycles. The van der Waals surface area contributed by atoms with Crippen LogP contribution in [0.5, 0.6) is 0 Å². The standard InChI is InChI=1S/C10H10Cl2N4/c1-6-10(13)14-15-16(6)5-7-3-2-4-8(11)9(7)12/h2-4H,5,13H2,1H3. The van der Waals surface area contributed by atoms with Crippen molar-refractivity contribution >= 4 is 29.0 Å². The van der Waals surface area contributed by atoms with Gasteiger partial charge in [-0.15, -0.1) is 5.10 Å². The van der Waals surface area contributed by atoms with Gasteiger partial charge in [0.25, 0.3) is 0 Å². The van der Waals surface area contributed by atoms with Crippen molar-refractivity contribution in [3.05, 3.63) is 39.5 Å². The summed E-state index contributed by atoms with van der Waals surface area (Å²) in [5.74, 6) is 0.429. The minimum absolute atomic E-state index is 0.429. The van der Waals surface area contributed by atoms with Gasteiger partial charge in [0.15, 0.2) is 5.82 Å². The SMILES string of the molecule is Cc1c(N)nnn1Cc1cccc(Cl)c1Cl. The lowest BCUT2D eigenvalue weighted by molar-refractivity contribution is 0.633. The van der Waals surface area contributed by atoms with Crippen LogP contribution in [0.15, 0.2) is 18.2 Å². The van der Waals surface area contributed by atoms with E-state index in [1.54, 1.807) is 10.7 Å². The van der Waals surface area contributed by atoms with E-state index < -0.39 is 0 Å². The predicted molar refractivity (Wildman–Crippen MR) is 64.7 cm³/mol. The number of anilines is 1. The van der Waals surface area contributed by atoms with Gasteiger partial charge in [0, 0.05) is 0 Å². The minimum Gasteiger partial charge on any atom is -0.381 e. The molecule has 0 aliphatic carbocycles. The second-order valence-corrected chi connectivity index (χ2v) is 4.22. The molecule has 6 heteroatoms. The first-order valence-corrected chi connectivity index (χ1v) is 5.43. The lowest BCUT2D eigenvalue weighted by atomic mass is 10.2. The van der Waals surface area contributed by atoms with Crippen molar-refractivity contribution in [2.75, 3.05) is 5.73 Å². The summed E-state index contributed by atoms with van der Waals surface area (Å²) < 4.78 is 1.69. The number of benzene rings is 1. The van der Waals surface area contributed by atoms with Crippen molar-refractivity contribution in [2.45, 2.75) is 13.5 Å². The van der Waals surface area contributed by atoms with Crippen LogP contribution >= 0.6 is 23.2 Å². The lowest BCUT2D eigenvalue weighted by Crippen LogP contribution is -2.05. The molecule has 1 aromatic carbocycles. The summed E-state index contributed by atoms with van der Waals surface area (Å²) in [5, 5.41) is 8.77. The molecule has 1 aromatic heterocycles. The first-order valence-electron chi connectivity index (χ1n) is 4.68. The number of nitrogens with zero attached hydrogens (tertiary/aromatic N) is 3. The molecule has 2 aromatic rings. The van der Waals surface area contributed by atoms with Crippen molar-refractivity contribution in [3.8, 4) is 0 Å². The van der Waals surface area contributed by atoms with Crippen LogP contribution in [-0.2, 0) is 6.54 Å². The Kier molecular flexibility index (Phi) is 3.03. The summed E-state index contributed by atoms with van der Waals surface area (Å²) in [5.41, 5.74) is 7.32. The lowest BCUT2D eigenvalue weighted by Gasteiger charge is -2.06. The predicted octanol–water partition coefficient (Wildman–Crippen LogP) is 2.52. The summed E-state index contributed by atoms with van der Waals surface area (Å²) in [6, 6.07) is 5.49. The molecule has 4 nitrogen and oxygen atoms in total. The molecular formula is C10H10Cl2N4. The first-order chi connectivity index (χ1) is 7.59. The van der Waals surface area contributed by atoms with Crippen LogP contribution in [0.4, 0.5) is 5.82 Å². The van der Waals surface area contributed by atoms with E-state index in [0.717, 1.165) is 11.3 Å². The molecule has 0 saturated carbocycles. The number of rotatable bonds is 2. The second-order valence-electron chi connectivity index (χ2n) is 3.43. The summed E-state index contributed by atoms with van der Waals surface area (Å²) in [6.45, 7) is 2.36. The summed E-state index contributed by atoms with van der Waals surface area (Å²) >= 11 is 12.0. The molecule has 0 saturated heterocycles. The number of aromatic nitrogens is 3. The highest BCUT2D eigenvalue weighted by molar-refractivity contribution is 6.42. The monoisotopic (exact) mass is 256 g/mol. The van der Waals surface area contributed by atoms with Gasteiger partial charge >= 0.3 is 0 Å². The van der Waals surface area contributed by atoms with Gasteiger partial charge in [-0.2, -0.15) is 0 Å².